The lowest BCUT2D eigenvalue weighted by atomic mass is 10.1. The van der Waals surface area contributed by atoms with Gasteiger partial charge in [0.05, 0.1) is 29.5 Å². The maximum Gasteiger partial charge on any atom is 0.416 e. The van der Waals surface area contributed by atoms with Crippen molar-refractivity contribution in [2.75, 3.05) is 4.90 Å². The summed E-state index contributed by atoms with van der Waals surface area (Å²) in [5, 5.41) is 6.85. The molecule has 0 aliphatic heterocycles. The average molecular weight is 352 g/mol. The maximum atomic E-state index is 13.8. The van der Waals surface area contributed by atoms with Crippen molar-refractivity contribution in [3.05, 3.63) is 59.5 Å². The van der Waals surface area contributed by atoms with Gasteiger partial charge in [0.1, 0.15) is 5.82 Å². The van der Waals surface area contributed by atoms with Crippen LogP contribution in [0, 0.1) is 5.82 Å². The van der Waals surface area contributed by atoms with Gasteiger partial charge in [0, 0.05) is 5.39 Å². The minimum absolute atomic E-state index is 0.114. The number of aromatic nitrogens is 2. The number of rotatable bonds is 3. The molecule has 1 heterocycles. The van der Waals surface area contributed by atoms with Gasteiger partial charge in [-0.3, -0.25) is 10.00 Å². The third-order valence-electron chi connectivity index (χ3n) is 3.68. The predicted octanol–water partition coefficient (Wildman–Crippen LogP) is 3.81. The van der Waals surface area contributed by atoms with Gasteiger partial charge in [-0.15, -0.1) is 0 Å². The van der Waals surface area contributed by atoms with E-state index >= 15 is 0 Å². The van der Waals surface area contributed by atoms with Crippen LogP contribution in [0.25, 0.3) is 10.9 Å². The maximum absolute atomic E-state index is 13.8. The van der Waals surface area contributed by atoms with E-state index in [-0.39, 0.29) is 12.2 Å². The molecule has 3 N–H and O–H groups in total. The van der Waals surface area contributed by atoms with Crippen LogP contribution in [0.15, 0.2) is 42.6 Å². The minimum atomic E-state index is -4.45. The lowest BCUT2D eigenvalue weighted by Crippen LogP contribution is -2.35. The molecule has 2 amide bonds. The van der Waals surface area contributed by atoms with Gasteiger partial charge >= 0.3 is 12.2 Å². The molecule has 0 radical (unpaired) electrons. The quantitative estimate of drug-likeness (QED) is 0.704. The van der Waals surface area contributed by atoms with E-state index in [0.717, 1.165) is 23.1 Å². The van der Waals surface area contributed by atoms with Crippen LogP contribution in [-0.2, 0) is 12.7 Å². The van der Waals surface area contributed by atoms with Crippen LogP contribution in [0.3, 0.4) is 0 Å². The second kappa shape index (κ2) is 6.08. The van der Waals surface area contributed by atoms with E-state index in [1.54, 1.807) is 0 Å². The first-order chi connectivity index (χ1) is 11.8. The molecule has 0 unspecified atom stereocenters. The van der Waals surface area contributed by atoms with Crippen LogP contribution in [0.5, 0.6) is 0 Å². The Morgan fingerprint density at radius 1 is 1.20 bits per heavy atom. The third kappa shape index (κ3) is 3.39. The highest BCUT2D eigenvalue weighted by Gasteiger charge is 2.30. The van der Waals surface area contributed by atoms with Crippen molar-refractivity contribution in [3.63, 3.8) is 0 Å². The van der Waals surface area contributed by atoms with Crippen molar-refractivity contribution in [2.45, 2.75) is 12.7 Å². The molecule has 1 aromatic heterocycles. The number of urea groups is 1. The van der Waals surface area contributed by atoms with E-state index in [0.29, 0.717) is 16.5 Å². The predicted molar refractivity (Wildman–Crippen MR) is 83.3 cm³/mol. The van der Waals surface area contributed by atoms with Gasteiger partial charge in [0.2, 0.25) is 0 Å². The molecule has 3 rings (SSSR count). The SMILES string of the molecule is NC(=O)N(Cc1ccc(C(F)(F)F)cc1)c1cc(F)cc2[nH]ncc12. The summed E-state index contributed by atoms with van der Waals surface area (Å²) in [5.41, 5.74) is 5.53. The lowest BCUT2D eigenvalue weighted by molar-refractivity contribution is -0.137. The molecule has 0 fully saturated rings. The fraction of sp³-hybridized carbons (Fsp3) is 0.125. The highest BCUT2D eigenvalue weighted by molar-refractivity contribution is 6.01. The van der Waals surface area contributed by atoms with E-state index < -0.39 is 23.6 Å². The largest absolute Gasteiger partial charge is 0.416 e. The third-order valence-corrected chi connectivity index (χ3v) is 3.68. The Labute approximate surface area is 139 Å². The summed E-state index contributed by atoms with van der Waals surface area (Å²) in [5.74, 6) is -0.606. The molecule has 0 saturated carbocycles. The fourth-order valence-corrected chi connectivity index (χ4v) is 2.49. The average Bonchev–Trinajstić information content (AvgIpc) is 2.99. The number of primary amides is 1. The first kappa shape index (κ1) is 16.7. The van der Waals surface area contributed by atoms with Crippen LogP contribution in [0.4, 0.5) is 28.0 Å². The van der Waals surface area contributed by atoms with Crippen LogP contribution < -0.4 is 10.6 Å². The zero-order chi connectivity index (χ0) is 18.2. The Bertz CT molecular complexity index is 918. The summed E-state index contributed by atoms with van der Waals surface area (Å²) in [6.45, 7) is -0.114. The molecule has 5 nitrogen and oxygen atoms in total. The topological polar surface area (TPSA) is 75.0 Å². The van der Waals surface area contributed by atoms with E-state index in [4.69, 9.17) is 5.73 Å². The number of nitrogens with two attached hydrogens (primary N) is 1. The first-order valence-corrected chi connectivity index (χ1v) is 7.11. The number of carbonyl (C=O) groups is 1. The first-order valence-electron chi connectivity index (χ1n) is 7.11. The molecule has 25 heavy (non-hydrogen) atoms. The molecular weight excluding hydrogens is 340 g/mol. The highest BCUT2D eigenvalue weighted by atomic mass is 19.4. The molecule has 130 valence electrons. The monoisotopic (exact) mass is 352 g/mol. The van der Waals surface area contributed by atoms with Crippen LogP contribution in [-0.4, -0.2) is 16.2 Å². The number of benzene rings is 2. The van der Waals surface area contributed by atoms with Gasteiger partial charge in [0.15, 0.2) is 0 Å². The lowest BCUT2D eigenvalue weighted by Gasteiger charge is -2.21. The number of hydrogen-bond acceptors (Lipinski definition) is 2. The summed E-state index contributed by atoms with van der Waals surface area (Å²) < 4.78 is 51.6. The number of nitrogens with zero attached hydrogens (tertiary/aromatic N) is 2. The van der Waals surface area contributed by atoms with Crippen molar-refractivity contribution >= 4 is 22.6 Å². The van der Waals surface area contributed by atoms with Gasteiger partial charge in [-0.25, -0.2) is 9.18 Å². The van der Waals surface area contributed by atoms with Gasteiger partial charge in [0.25, 0.3) is 0 Å². The second-order valence-electron chi connectivity index (χ2n) is 5.38. The zero-order valence-electron chi connectivity index (χ0n) is 12.6. The van der Waals surface area contributed by atoms with Crippen LogP contribution in [0.2, 0.25) is 0 Å². The Morgan fingerprint density at radius 3 is 2.48 bits per heavy atom. The molecule has 0 atom stereocenters. The van der Waals surface area contributed by atoms with E-state index in [1.807, 2.05) is 0 Å². The highest BCUT2D eigenvalue weighted by Crippen LogP contribution is 2.31. The summed E-state index contributed by atoms with van der Waals surface area (Å²) in [6, 6.07) is 5.76. The summed E-state index contributed by atoms with van der Waals surface area (Å²) in [4.78, 5) is 12.9. The molecule has 0 aliphatic carbocycles. The van der Waals surface area contributed by atoms with Crippen molar-refractivity contribution in [2.24, 2.45) is 5.73 Å². The molecule has 2 aromatic carbocycles. The molecule has 0 aliphatic rings. The van der Waals surface area contributed by atoms with Gasteiger partial charge in [-0.1, -0.05) is 12.1 Å². The molecule has 3 aromatic rings. The molecule has 0 saturated heterocycles. The number of amides is 2. The van der Waals surface area contributed by atoms with Gasteiger partial charge in [-0.2, -0.15) is 18.3 Å². The van der Waals surface area contributed by atoms with Crippen molar-refractivity contribution in [1.82, 2.24) is 10.2 Å². The standard InChI is InChI=1S/C16H12F4N4O/c17-11-5-13-12(7-22-23-13)14(6-11)24(15(21)25)8-9-1-3-10(4-2-9)16(18,19)20/h1-7H,8H2,(H2,21,25)(H,22,23). The molecule has 9 heteroatoms. The summed E-state index contributed by atoms with van der Waals surface area (Å²) in [7, 11) is 0. The number of hydrogen-bond donors (Lipinski definition) is 2. The second-order valence-corrected chi connectivity index (χ2v) is 5.38. The number of nitrogens with one attached hydrogen (secondary N) is 1. The van der Waals surface area contributed by atoms with Crippen molar-refractivity contribution in [3.8, 4) is 0 Å². The summed E-state index contributed by atoms with van der Waals surface area (Å²) in [6.07, 6.45) is -3.04. The normalized spacial score (nSPS) is 11.7. The fourth-order valence-electron chi connectivity index (χ4n) is 2.49. The number of carbonyl (C=O) groups excluding carboxylic acids is 1. The number of fused-ring (bicyclic) bond motifs is 1. The zero-order valence-corrected chi connectivity index (χ0v) is 12.6. The Hall–Kier alpha value is -3.10. The Balaban J connectivity index is 1.97. The van der Waals surface area contributed by atoms with Crippen molar-refractivity contribution < 1.29 is 22.4 Å². The minimum Gasteiger partial charge on any atom is -0.351 e. The van der Waals surface area contributed by atoms with E-state index in [2.05, 4.69) is 10.2 Å². The Morgan fingerprint density at radius 2 is 1.88 bits per heavy atom. The number of H-pyrrole nitrogens is 1. The van der Waals surface area contributed by atoms with Gasteiger partial charge in [-0.05, 0) is 29.8 Å². The number of alkyl halides is 3. The van der Waals surface area contributed by atoms with Gasteiger partial charge < -0.3 is 5.73 Å². The Kier molecular flexibility index (Phi) is 4.07. The number of aromatic amines is 1. The summed E-state index contributed by atoms with van der Waals surface area (Å²) >= 11 is 0. The van der Waals surface area contributed by atoms with E-state index in [9.17, 15) is 22.4 Å². The molecular formula is C16H12F4N4O. The van der Waals surface area contributed by atoms with Crippen LogP contribution in [0.1, 0.15) is 11.1 Å². The number of anilines is 1. The molecule has 0 spiro atoms. The number of halogens is 4. The smallest absolute Gasteiger partial charge is 0.351 e. The van der Waals surface area contributed by atoms with E-state index in [1.165, 1.54) is 24.4 Å². The molecule has 0 bridgehead atoms. The van der Waals surface area contributed by atoms with Crippen molar-refractivity contribution in [1.29, 1.82) is 0 Å². The van der Waals surface area contributed by atoms with Crippen LogP contribution >= 0.6 is 0 Å².